The van der Waals surface area contributed by atoms with Gasteiger partial charge < -0.3 is 5.11 Å². The Hall–Kier alpha value is -1.25. The van der Waals surface area contributed by atoms with E-state index in [1.54, 1.807) is 0 Å². The molecule has 0 aliphatic heterocycles. The summed E-state index contributed by atoms with van der Waals surface area (Å²) in [4.78, 5) is 18.1. The molecule has 74 valence electrons. The fourth-order valence-electron chi connectivity index (χ4n) is 0.815. The molecule has 0 aromatic heterocycles. The zero-order valence-electron chi connectivity index (χ0n) is 7.47. The summed E-state index contributed by atoms with van der Waals surface area (Å²) in [6.45, 7) is 0. The second-order valence-electron chi connectivity index (χ2n) is 2.29. The predicted octanol–water partition coefficient (Wildman–Crippen LogP) is -2.28. The Morgan fingerprint density at radius 2 is 1.53 bits per heavy atom. The van der Waals surface area contributed by atoms with Gasteiger partial charge in [0.1, 0.15) is 0 Å². The molecule has 1 aromatic rings. The van der Waals surface area contributed by atoms with Crippen LogP contribution in [0.15, 0.2) is 12.1 Å². The normalized spacial score (nSPS) is 9.13. The molecule has 0 atom stereocenters. The number of nitro groups is 2. The maximum atomic E-state index is 12.7. The quantitative estimate of drug-likeness (QED) is 0.319. The maximum absolute atomic E-state index is 12.7. The summed E-state index contributed by atoms with van der Waals surface area (Å²) in [6.07, 6.45) is 0. The summed E-state index contributed by atoms with van der Waals surface area (Å²) in [7, 11) is 0. The van der Waals surface area contributed by atoms with Gasteiger partial charge in [-0.15, -0.1) is 0 Å². The van der Waals surface area contributed by atoms with Crippen LogP contribution in [0.1, 0.15) is 0 Å². The monoisotopic (exact) mass is 224 g/mol. The third-order valence-corrected chi connectivity index (χ3v) is 1.42. The van der Waals surface area contributed by atoms with E-state index in [0.717, 1.165) is 0 Å². The third-order valence-electron chi connectivity index (χ3n) is 1.42. The standard InChI is InChI=1S/C6H3FN2O5.Na/c7-3-1-6(10)5(9(13)14)2-4(3)8(11)12;/h1-2,10H;/q;+1/p-1. The first-order valence-corrected chi connectivity index (χ1v) is 3.23. The van der Waals surface area contributed by atoms with Crippen LogP contribution in [-0.2, 0) is 0 Å². The van der Waals surface area contributed by atoms with Crippen molar-refractivity contribution in [2.45, 2.75) is 0 Å². The second-order valence-corrected chi connectivity index (χ2v) is 2.29. The van der Waals surface area contributed by atoms with Crippen LogP contribution in [0.5, 0.6) is 5.75 Å². The van der Waals surface area contributed by atoms with Gasteiger partial charge in [-0.25, -0.2) is 0 Å². The minimum Gasteiger partial charge on any atom is -0.868 e. The SMILES string of the molecule is O=[N+]([O-])c1cc([N+](=O)[O-])c(F)cc1[O-].[Na+]. The zero-order valence-corrected chi connectivity index (χ0v) is 9.47. The molecule has 0 fully saturated rings. The minimum atomic E-state index is -1.38. The van der Waals surface area contributed by atoms with E-state index in [9.17, 15) is 29.7 Å². The molecule has 1 rings (SSSR count). The van der Waals surface area contributed by atoms with Crippen molar-refractivity contribution in [2.24, 2.45) is 0 Å². The summed E-state index contributed by atoms with van der Waals surface area (Å²) >= 11 is 0. The van der Waals surface area contributed by atoms with Gasteiger partial charge >= 0.3 is 35.2 Å². The first-order chi connectivity index (χ1) is 6.43. The number of hydrogen-bond donors (Lipinski definition) is 0. The Labute approximate surface area is 104 Å². The summed E-state index contributed by atoms with van der Waals surface area (Å²) in [5.74, 6) is -2.58. The van der Waals surface area contributed by atoms with Crippen molar-refractivity contribution in [3.63, 3.8) is 0 Å². The van der Waals surface area contributed by atoms with Gasteiger partial charge in [0, 0.05) is 0 Å². The van der Waals surface area contributed by atoms with E-state index in [0.29, 0.717) is 6.07 Å². The van der Waals surface area contributed by atoms with Gasteiger partial charge in [0.05, 0.1) is 15.9 Å². The van der Waals surface area contributed by atoms with Crippen LogP contribution in [-0.4, -0.2) is 9.85 Å². The van der Waals surface area contributed by atoms with Gasteiger partial charge in [-0.1, -0.05) is 0 Å². The van der Waals surface area contributed by atoms with Gasteiger partial charge in [-0.05, 0) is 11.8 Å². The molecular weight excluding hydrogens is 222 g/mol. The number of nitro benzene ring substituents is 2. The van der Waals surface area contributed by atoms with Crippen molar-refractivity contribution >= 4 is 11.4 Å². The molecule has 0 N–H and O–H groups in total. The minimum absolute atomic E-state index is 0. The van der Waals surface area contributed by atoms with Crippen molar-refractivity contribution in [3.8, 4) is 5.75 Å². The third kappa shape index (κ3) is 2.85. The van der Waals surface area contributed by atoms with Crippen LogP contribution in [0.3, 0.4) is 0 Å². The van der Waals surface area contributed by atoms with Gasteiger partial charge in [-0.3, -0.25) is 20.2 Å². The molecule has 0 bridgehead atoms. The molecule has 0 aliphatic rings. The van der Waals surface area contributed by atoms with E-state index < -0.39 is 32.8 Å². The van der Waals surface area contributed by atoms with Crippen LogP contribution in [0, 0.1) is 26.0 Å². The summed E-state index contributed by atoms with van der Waals surface area (Å²) in [5.41, 5.74) is -2.10. The molecular formula is C6H2FN2NaO5. The Bertz CT molecular complexity index is 389. The Morgan fingerprint density at radius 1 is 1.07 bits per heavy atom. The topological polar surface area (TPSA) is 109 Å². The van der Waals surface area contributed by atoms with Gasteiger partial charge in [0.25, 0.3) is 5.69 Å². The first kappa shape index (κ1) is 13.8. The molecule has 0 saturated carbocycles. The molecule has 0 aliphatic carbocycles. The molecule has 0 spiro atoms. The molecule has 0 unspecified atom stereocenters. The predicted molar refractivity (Wildman–Crippen MR) is 39.2 cm³/mol. The van der Waals surface area contributed by atoms with Crippen LogP contribution in [0.25, 0.3) is 0 Å². The Balaban J connectivity index is 0.00000196. The molecule has 0 heterocycles. The first-order valence-electron chi connectivity index (χ1n) is 3.23. The number of nitrogens with zero attached hydrogens (tertiary/aromatic N) is 2. The molecule has 9 heteroatoms. The van der Waals surface area contributed by atoms with Crippen molar-refractivity contribution in [3.05, 3.63) is 38.2 Å². The number of hydrogen-bond acceptors (Lipinski definition) is 5. The van der Waals surface area contributed by atoms with Crippen molar-refractivity contribution in [2.75, 3.05) is 0 Å². The average Bonchev–Trinajstić information content (AvgIpc) is 2.02. The van der Waals surface area contributed by atoms with E-state index in [1.165, 1.54) is 0 Å². The summed E-state index contributed by atoms with van der Waals surface area (Å²) in [6, 6.07) is 0.522. The van der Waals surface area contributed by atoms with Crippen LogP contribution >= 0.6 is 0 Å². The van der Waals surface area contributed by atoms with E-state index in [-0.39, 0.29) is 35.6 Å². The molecule has 0 radical (unpaired) electrons. The van der Waals surface area contributed by atoms with E-state index >= 15 is 0 Å². The van der Waals surface area contributed by atoms with Crippen LogP contribution < -0.4 is 34.7 Å². The Morgan fingerprint density at radius 3 is 1.93 bits per heavy atom. The molecule has 1 aromatic carbocycles. The number of halogens is 1. The summed E-state index contributed by atoms with van der Waals surface area (Å²) < 4.78 is 12.7. The number of benzene rings is 1. The van der Waals surface area contributed by atoms with Crippen LogP contribution in [0.4, 0.5) is 15.8 Å². The second kappa shape index (κ2) is 5.01. The van der Waals surface area contributed by atoms with Gasteiger partial charge in [0.2, 0.25) is 0 Å². The van der Waals surface area contributed by atoms with E-state index in [2.05, 4.69) is 0 Å². The fraction of sp³-hybridized carbons (Fsp3) is 0. The smallest absolute Gasteiger partial charge is 0.868 e. The molecule has 0 amide bonds. The summed E-state index contributed by atoms with van der Waals surface area (Å²) in [5, 5.41) is 31.1. The molecule has 15 heavy (non-hydrogen) atoms. The number of rotatable bonds is 2. The molecule has 7 nitrogen and oxygen atoms in total. The van der Waals surface area contributed by atoms with Gasteiger partial charge in [-0.2, -0.15) is 4.39 Å². The van der Waals surface area contributed by atoms with E-state index in [1.807, 2.05) is 0 Å². The average molecular weight is 224 g/mol. The maximum Gasteiger partial charge on any atom is 1.00 e. The zero-order chi connectivity index (χ0) is 10.9. The van der Waals surface area contributed by atoms with Crippen molar-refractivity contribution in [1.29, 1.82) is 0 Å². The van der Waals surface area contributed by atoms with Crippen LogP contribution in [0.2, 0.25) is 0 Å². The van der Waals surface area contributed by atoms with E-state index in [4.69, 9.17) is 0 Å². The van der Waals surface area contributed by atoms with Crippen molar-refractivity contribution < 1.29 is 48.9 Å². The van der Waals surface area contributed by atoms with Gasteiger partial charge in [0.15, 0.2) is 5.82 Å². The largest absolute Gasteiger partial charge is 1.00 e. The fourth-order valence-corrected chi connectivity index (χ4v) is 0.815. The Kier molecular flexibility index (Phi) is 4.59. The molecule has 0 saturated heterocycles. The van der Waals surface area contributed by atoms with Crippen molar-refractivity contribution in [1.82, 2.24) is 0 Å².